The van der Waals surface area contributed by atoms with Crippen LogP contribution in [0, 0.1) is 5.92 Å². The summed E-state index contributed by atoms with van der Waals surface area (Å²) in [5.41, 5.74) is 0. The average molecular weight is 227 g/mol. The van der Waals surface area contributed by atoms with E-state index in [0.717, 1.165) is 12.2 Å². The van der Waals surface area contributed by atoms with E-state index in [1.54, 1.807) is 0 Å². The van der Waals surface area contributed by atoms with E-state index in [-0.39, 0.29) is 18.4 Å². The van der Waals surface area contributed by atoms with Crippen LogP contribution in [0.4, 0.5) is 0 Å². The van der Waals surface area contributed by atoms with Crippen LogP contribution in [-0.2, 0) is 23.9 Å². The van der Waals surface area contributed by atoms with Gasteiger partial charge in [0.05, 0.1) is 13.0 Å². The van der Waals surface area contributed by atoms with Gasteiger partial charge in [0.15, 0.2) is 0 Å². The summed E-state index contributed by atoms with van der Waals surface area (Å²) in [6.07, 6.45) is 2.60. The monoisotopic (exact) mass is 227 g/mol. The molecule has 1 fully saturated rings. The summed E-state index contributed by atoms with van der Waals surface area (Å²) in [6, 6.07) is 0. The number of rotatable bonds is 4. The molecular formula is C10H13NO5. The molecule has 0 bridgehead atoms. The molecule has 1 aliphatic rings. The van der Waals surface area contributed by atoms with Gasteiger partial charge in [-0.15, -0.1) is 0 Å². The minimum atomic E-state index is -0.662. The molecule has 1 amide bonds. The van der Waals surface area contributed by atoms with Crippen LogP contribution in [0.5, 0.6) is 0 Å². The fourth-order valence-corrected chi connectivity index (χ4v) is 1.24. The minimum absolute atomic E-state index is 0.0379. The predicted octanol–water partition coefficient (Wildman–Crippen LogP) is -0.605. The molecule has 0 unspecified atom stereocenters. The van der Waals surface area contributed by atoms with Gasteiger partial charge in [-0.25, -0.2) is 9.59 Å². The third kappa shape index (κ3) is 3.72. The lowest BCUT2D eigenvalue weighted by atomic mass is 10.1. The SMILES string of the molecule is COC(=O)/C=C/C(=O)OC[C@H]1CCNC1=O. The zero-order chi connectivity index (χ0) is 12.0. The first-order chi connectivity index (χ1) is 7.63. The normalized spacial score (nSPS) is 19.6. The lowest BCUT2D eigenvalue weighted by molar-refractivity contribution is -0.141. The lowest BCUT2D eigenvalue weighted by Gasteiger charge is -2.05. The topological polar surface area (TPSA) is 81.7 Å². The quantitative estimate of drug-likeness (QED) is 0.512. The largest absolute Gasteiger partial charge is 0.466 e. The Hall–Kier alpha value is -1.85. The van der Waals surface area contributed by atoms with E-state index in [2.05, 4.69) is 10.1 Å². The maximum Gasteiger partial charge on any atom is 0.331 e. The summed E-state index contributed by atoms with van der Waals surface area (Å²) in [4.78, 5) is 32.8. The molecule has 16 heavy (non-hydrogen) atoms. The first kappa shape index (κ1) is 12.2. The van der Waals surface area contributed by atoms with Gasteiger partial charge < -0.3 is 14.8 Å². The average Bonchev–Trinajstić information content (AvgIpc) is 2.69. The Labute approximate surface area is 92.6 Å². The highest BCUT2D eigenvalue weighted by molar-refractivity contribution is 5.91. The predicted molar refractivity (Wildman–Crippen MR) is 53.2 cm³/mol. The number of esters is 2. The van der Waals surface area contributed by atoms with Crippen molar-refractivity contribution in [3.8, 4) is 0 Å². The van der Waals surface area contributed by atoms with Gasteiger partial charge in [0.25, 0.3) is 0 Å². The van der Waals surface area contributed by atoms with Crippen LogP contribution in [0.25, 0.3) is 0 Å². The molecule has 1 rings (SSSR count). The molecule has 0 aliphatic carbocycles. The lowest BCUT2D eigenvalue weighted by Crippen LogP contribution is -2.23. The Kier molecular flexibility index (Phi) is 4.50. The van der Waals surface area contributed by atoms with Crippen molar-refractivity contribution in [1.82, 2.24) is 5.32 Å². The number of hydrogen-bond donors (Lipinski definition) is 1. The minimum Gasteiger partial charge on any atom is -0.466 e. The zero-order valence-electron chi connectivity index (χ0n) is 8.89. The van der Waals surface area contributed by atoms with Crippen molar-refractivity contribution in [2.75, 3.05) is 20.3 Å². The van der Waals surface area contributed by atoms with E-state index in [1.165, 1.54) is 7.11 Å². The van der Waals surface area contributed by atoms with E-state index in [4.69, 9.17) is 4.74 Å². The zero-order valence-corrected chi connectivity index (χ0v) is 8.89. The molecular weight excluding hydrogens is 214 g/mol. The second-order valence-electron chi connectivity index (χ2n) is 3.26. The number of carbonyl (C=O) groups is 3. The van der Waals surface area contributed by atoms with E-state index >= 15 is 0 Å². The van der Waals surface area contributed by atoms with Gasteiger partial charge >= 0.3 is 11.9 Å². The van der Waals surface area contributed by atoms with Crippen molar-refractivity contribution in [3.63, 3.8) is 0 Å². The van der Waals surface area contributed by atoms with Gasteiger partial charge in [-0.1, -0.05) is 0 Å². The summed E-state index contributed by atoms with van der Waals surface area (Å²) < 4.78 is 9.09. The third-order valence-electron chi connectivity index (χ3n) is 2.15. The molecule has 1 N–H and O–H groups in total. The maximum absolute atomic E-state index is 11.1. The van der Waals surface area contributed by atoms with Crippen molar-refractivity contribution in [3.05, 3.63) is 12.2 Å². The fourth-order valence-electron chi connectivity index (χ4n) is 1.24. The van der Waals surface area contributed by atoms with Gasteiger partial charge in [0, 0.05) is 18.7 Å². The van der Waals surface area contributed by atoms with Gasteiger partial charge in [0.1, 0.15) is 6.61 Å². The van der Waals surface area contributed by atoms with Gasteiger partial charge in [-0.05, 0) is 6.42 Å². The Morgan fingerprint density at radius 3 is 2.69 bits per heavy atom. The van der Waals surface area contributed by atoms with Crippen LogP contribution in [0.3, 0.4) is 0 Å². The van der Waals surface area contributed by atoms with Crippen LogP contribution in [0.15, 0.2) is 12.2 Å². The van der Waals surface area contributed by atoms with Crippen LogP contribution in [0.1, 0.15) is 6.42 Å². The van der Waals surface area contributed by atoms with E-state index in [9.17, 15) is 14.4 Å². The Morgan fingerprint density at radius 1 is 1.44 bits per heavy atom. The Morgan fingerprint density at radius 2 is 2.12 bits per heavy atom. The number of nitrogens with one attached hydrogen (secondary N) is 1. The molecule has 0 aromatic rings. The van der Waals surface area contributed by atoms with Crippen LogP contribution in [-0.4, -0.2) is 38.1 Å². The summed E-state index contributed by atoms with van der Waals surface area (Å²) in [6.45, 7) is 0.648. The van der Waals surface area contributed by atoms with Crippen molar-refractivity contribution >= 4 is 17.8 Å². The van der Waals surface area contributed by atoms with E-state index in [0.29, 0.717) is 13.0 Å². The molecule has 0 saturated carbocycles. The molecule has 0 spiro atoms. The first-order valence-corrected chi connectivity index (χ1v) is 4.84. The van der Waals surface area contributed by atoms with Crippen LogP contribution >= 0.6 is 0 Å². The molecule has 6 nitrogen and oxygen atoms in total. The summed E-state index contributed by atoms with van der Waals surface area (Å²) in [5.74, 6) is -1.68. The standard InChI is InChI=1S/C10H13NO5/c1-15-8(12)2-3-9(13)16-6-7-4-5-11-10(7)14/h2-3,7H,4-6H2,1H3,(H,11,14)/b3-2+/t7-/m1/s1. The van der Waals surface area contributed by atoms with Crippen LogP contribution in [0.2, 0.25) is 0 Å². The highest BCUT2D eigenvalue weighted by atomic mass is 16.5. The molecule has 1 atom stereocenters. The third-order valence-corrected chi connectivity index (χ3v) is 2.15. The second kappa shape index (κ2) is 5.89. The fraction of sp³-hybridized carbons (Fsp3) is 0.500. The molecule has 6 heteroatoms. The van der Waals surface area contributed by atoms with Crippen molar-refractivity contribution in [1.29, 1.82) is 0 Å². The van der Waals surface area contributed by atoms with E-state index < -0.39 is 11.9 Å². The Bertz CT molecular complexity index is 323. The van der Waals surface area contributed by atoms with Gasteiger partial charge in [-0.2, -0.15) is 0 Å². The van der Waals surface area contributed by atoms with Gasteiger partial charge in [-0.3, -0.25) is 4.79 Å². The highest BCUT2D eigenvalue weighted by Gasteiger charge is 2.24. The Balaban J connectivity index is 2.27. The molecule has 88 valence electrons. The molecule has 1 aliphatic heterocycles. The molecule has 0 radical (unpaired) electrons. The van der Waals surface area contributed by atoms with Crippen molar-refractivity contribution in [2.24, 2.45) is 5.92 Å². The van der Waals surface area contributed by atoms with Gasteiger partial charge in [0.2, 0.25) is 5.91 Å². The summed E-state index contributed by atoms with van der Waals surface area (Å²) >= 11 is 0. The maximum atomic E-state index is 11.1. The van der Waals surface area contributed by atoms with Crippen molar-refractivity contribution < 1.29 is 23.9 Å². The number of methoxy groups -OCH3 is 1. The van der Waals surface area contributed by atoms with Crippen LogP contribution < -0.4 is 5.32 Å². The smallest absolute Gasteiger partial charge is 0.331 e. The highest BCUT2D eigenvalue weighted by Crippen LogP contribution is 2.09. The molecule has 1 saturated heterocycles. The molecule has 1 heterocycles. The second-order valence-corrected chi connectivity index (χ2v) is 3.26. The van der Waals surface area contributed by atoms with Crippen molar-refractivity contribution in [2.45, 2.75) is 6.42 Å². The molecule has 0 aromatic carbocycles. The first-order valence-electron chi connectivity index (χ1n) is 4.84. The molecule has 0 aromatic heterocycles. The number of carbonyl (C=O) groups excluding carboxylic acids is 3. The summed E-state index contributed by atoms with van der Waals surface area (Å²) in [5, 5.41) is 2.63. The number of ether oxygens (including phenoxy) is 2. The number of amides is 1. The number of hydrogen-bond acceptors (Lipinski definition) is 5. The van der Waals surface area contributed by atoms with E-state index in [1.807, 2.05) is 0 Å². The summed E-state index contributed by atoms with van der Waals surface area (Å²) in [7, 11) is 1.21.